The van der Waals surface area contributed by atoms with Crippen molar-refractivity contribution in [1.29, 1.82) is 0 Å². The number of hydrogen-bond donors (Lipinski definition) is 2. The number of aromatic nitrogens is 1. The summed E-state index contributed by atoms with van der Waals surface area (Å²) in [5.74, 6) is 2.62. The number of ether oxygens (including phenoxy) is 3. The molecule has 0 radical (unpaired) electrons. The number of hydrogen-bond acceptors (Lipinski definition) is 5. The van der Waals surface area contributed by atoms with Crippen LogP contribution < -0.4 is 20.1 Å². The molecule has 7 nitrogen and oxygen atoms in total. The maximum Gasteiger partial charge on any atom is 0.219 e. The SMILES string of the molecule is CCNC(=NCc1ccc(Oc2ccccc2OCC)nc1)NCCOCC.I. The molecule has 0 bridgehead atoms. The monoisotopic (exact) mass is 514 g/mol. The molecule has 0 atom stereocenters. The van der Waals surface area contributed by atoms with E-state index in [-0.39, 0.29) is 24.0 Å². The highest BCUT2D eigenvalue weighted by Gasteiger charge is 2.06. The number of rotatable bonds is 11. The molecule has 8 heteroatoms. The van der Waals surface area contributed by atoms with Gasteiger partial charge in [0, 0.05) is 32.0 Å². The minimum absolute atomic E-state index is 0. The zero-order chi connectivity index (χ0) is 20.0. The number of halogens is 1. The zero-order valence-corrected chi connectivity index (χ0v) is 19.6. The molecule has 1 aromatic carbocycles. The Labute approximate surface area is 190 Å². The molecule has 0 aliphatic heterocycles. The molecule has 0 saturated heterocycles. The fourth-order valence-electron chi connectivity index (χ4n) is 2.38. The Balaban J connectivity index is 0.00000420. The average Bonchev–Trinajstić information content (AvgIpc) is 2.72. The van der Waals surface area contributed by atoms with Gasteiger partial charge in [0.15, 0.2) is 17.5 Å². The molecule has 0 unspecified atom stereocenters. The highest BCUT2D eigenvalue weighted by Crippen LogP contribution is 2.30. The van der Waals surface area contributed by atoms with Gasteiger partial charge in [-0.15, -0.1) is 24.0 Å². The molecule has 0 aliphatic carbocycles. The first-order valence-electron chi connectivity index (χ1n) is 9.71. The summed E-state index contributed by atoms with van der Waals surface area (Å²) in [6.07, 6.45) is 1.77. The normalized spacial score (nSPS) is 10.8. The standard InChI is InChI=1S/C21H30N4O3.HI/c1-4-22-21(23-13-14-26-5-2)25-16-17-11-12-20(24-15-17)28-19-10-8-7-9-18(19)27-6-3;/h7-12,15H,4-6,13-14,16H2,1-3H3,(H2,22,23,25);1H. The molecule has 1 heterocycles. The van der Waals surface area contributed by atoms with Crippen LogP contribution in [0.25, 0.3) is 0 Å². The quantitative estimate of drug-likeness (QED) is 0.205. The zero-order valence-electron chi connectivity index (χ0n) is 17.3. The Kier molecular flexibility index (Phi) is 12.8. The van der Waals surface area contributed by atoms with Crippen LogP contribution in [0.4, 0.5) is 0 Å². The highest BCUT2D eigenvalue weighted by molar-refractivity contribution is 14.0. The molecule has 0 aliphatic rings. The van der Waals surface area contributed by atoms with Crippen molar-refractivity contribution in [3.8, 4) is 17.4 Å². The van der Waals surface area contributed by atoms with Crippen molar-refractivity contribution in [1.82, 2.24) is 15.6 Å². The minimum atomic E-state index is 0. The number of benzene rings is 1. The lowest BCUT2D eigenvalue weighted by Gasteiger charge is -2.12. The van der Waals surface area contributed by atoms with Crippen molar-refractivity contribution in [2.24, 2.45) is 4.99 Å². The van der Waals surface area contributed by atoms with E-state index in [1.165, 1.54) is 0 Å². The third kappa shape index (κ3) is 9.31. The second-order valence-corrected chi connectivity index (χ2v) is 5.81. The van der Waals surface area contributed by atoms with Crippen molar-refractivity contribution in [2.45, 2.75) is 27.3 Å². The van der Waals surface area contributed by atoms with Gasteiger partial charge in [-0.3, -0.25) is 0 Å². The van der Waals surface area contributed by atoms with E-state index in [0.29, 0.717) is 50.3 Å². The third-order valence-corrected chi connectivity index (χ3v) is 3.67. The predicted molar refractivity (Wildman–Crippen MR) is 127 cm³/mol. The maximum absolute atomic E-state index is 5.85. The van der Waals surface area contributed by atoms with Gasteiger partial charge in [-0.1, -0.05) is 18.2 Å². The van der Waals surface area contributed by atoms with Crippen molar-refractivity contribution < 1.29 is 14.2 Å². The first-order chi connectivity index (χ1) is 13.8. The number of nitrogens with zero attached hydrogens (tertiary/aromatic N) is 2. The van der Waals surface area contributed by atoms with Gasteiger partial charge in [-0.05, 0) is 38.5 Å². The van der Waals surface area contributed by atoms with Crippen LogP contribution >= 0.6 is 24.0 Å². The lowest BCUT2D eigenvalue weighted by molar-refractivity contribution is 0.152. The second-order valence-electron chi connectivity index (χ2n) is 5.81. The lowest BCUT2D eigenvalue weighted by Crippen LogP contribution is -2.39. The fraction of sp³-hybridized carbons (Fsp3) is 0.429. The van der Waals surface area contributed by atoms with E-state index in [0.717, 1.165) is 18.1 Å². The number of para-hydroxylation sites is 2. The molecule has 29 heavy (non-hydrogen) atoms. The molecular formula is C21H31IN4O3. The van der Waals surface area contributed by atoms with Crippen LogP contribution in [0.2, 0.25) is 0 Å². The second kappa shape index (κ2) is 14.9. The smallest absolute Gasteiger partial charge is 0.219 e. The van der Waals surface area contributed by atoms with Gasteiger partial charge in [-0.25, -0.2) is 9.98 Å². The van der Waals surface area contributed by atoms with Crippen LogP contribution in [0.3, 0.4) is 0 Å². The summed E-state index contributed by atoms with van der Waals surface area (Å²) in [6, 6.07) is 11.4. The molecule has 2 aromatic rings. The Bertz CT molecular complexity index is 726. The van der Waals surface area contributed by atoms with Gasteiger partial charge >= 0.3 is 0 Å². The van der Waals surface area contributed by atoms with Crippen LogP contribution in [-0.4, -0.2) is 43.9 Å². The number of pyridine rings is 1. The van der Waals surface area contributed by atoms with Crippen LogP contribution in [-0.2, 0) is 11.3 Å². The van der Waals surface area contributed by atoms with E-state index < -0.39 is 0 Å². The van der Waals surface area contributed by atoms with E-state index in [4.69, 9.17) is 14.2 Å². The van der Waals surface area contributed by atoms with Crippen molar-refractivity contribution >= 4 is 29.9 Å². The van der Waals surface area contributed by atoms with E-state index in [2.05, 4.69) is 20.6 Å². The van der Waals surface area contributed by atoms with Gasteiger partial charge in [0.05, 0.1) is 19.8 Å². The van der Waals surface area contributed by atoms with Gasteiger partial charge in [-0.2, -0.15) is 0 Å². The third-order valence-electron chi connectivity index (χ3n) is 3.67. The van der Waals surface area contributed by atoms with Crippen LogP contribution in [0.1, 0.15) is 26.3 Å². The summed E-state index contributed by atoms with van der Waals surface area (Å²) in [5, 5.41) is 6.46. The summed E-state index contributed by atoms with van der Waals surface area (Å²) in [6.45, 7) is 9.93. The molecule has 1 aromatic heterocycles. The summed E-state index contributed by atoms with van der Waals surface area (Å²) in [4.78, 5) is 8.95. The first kappa shape index (κ1) is 25.0. The van der Waals surface area contributed by atoms with Gasteiger partial charge < -0.3 is 24.8 Å². The van der Waals surface area contributed by atoms with E-state index in [1.54, 1.807) is 6.20 Å². The number of guanidine groups is 1. The molecule has 2 rings (SSSR count). The largest absolute Gasteiger partial charge is 0.490 e. The summed E-state index contributed by atoms with van der Waals surface area (Å²) in [5.41, 5.74) is 0.993. The van der Waals surface area contributed by atoms with Crippen molar-refractivity contribution in [3.63, 3.8) is 0 Å². The van der Waals surface area contributed by atoms with Crippen LogP contribution in [0.5, 0.6) is 17.4 Å². The Hall–Kier alpha value is -2.07. The Morgan fingerprint density at radius 3 is 2.45 bits per heavy atom. The Morgan fingerprint density at radius 1 is 1.00 bits per heavy atom. The maximum atomic E-state index is 5.85. The average molecular weight is 514 g/mol. The molecule has 0 saturated carbocycles. The van der Waals surface area contributed by atoms with Gasteiger partial charge in [0.1, 0.15) is 0 Å². The van der Waals surface area contributed by atoms with E-state index in [1.807, 2.05) is 57.2 Å². The molecule has 0 amide bonds. The molecule has 160 valence electrons. The summed E-state index contributed by atoms with van der Waals surface area (Å²) in [7, 11) is 0. The first-order valence-corrected chi connectivity index (χ1v) is 9.71. The van der Waals surface area contributed by atoms with Gasteiger partial charge in [0.25, 0.3) is 0 Å². The van der Waals surface area contributed by atoms with Gasteiger partial charge in [0.2, 0.25) is 5.88 Å². The number of nitrogens with one attached hydrogen (secondary N) is 2. The summed E-state index contributed by atoms with van der Waals surface area (Å²) < 4.78 is 16.8. The van der Waals surface area contributed by atoms with Crippen LogP contribution in [0, 0.1) is 0 Å². The fourth-order valence-corrected chi connectivity index (χ4v) is 2.38. The van der Waals surface area contributed by atoms with E-state index in [9.17, 15) is 0 Å². The molecule has 2 N–H and O–H groups in total. The number of aliphatic imine (C=N–C) groups is 1. The predicted octanol–water partition coefficient (Wildman–Crippen LogP) is 3.98. The Morgan fingerprint density at radius 2 is 1.79 bits per heavy atom. The molecule has 0 spiro atoms. The highest BCUT2D eigenvalue weighted by atomic mass is 127. The molecular weight excluding hydrogens is 483 g/mol. The van der Waals surface area contributed by atoms with Crippen LogP contribution in [0.15, 0.2) is 47.6 Å². The van der Waals surface area contributed by atoms with Crippen molar-refractivity contribution in [3.05, 3.63) is 48.2 Å². The summed E-state index contributed by atoms with van der Waals surface area (Å²) >= 11 is 0. The minimum Gasteiger partial charge on any atom is -0.490 e. The topological polar surface area (TPSA) is 77.0 Å². The van der Waals surface area contributed by atoms with E-state index >= 15 is 0 Å². The lowest BCUT2D eigenvalue weighted by atomic mass is 10.3. The van der Waals surface area contributed by atoms with Crippen molar-refractivity contribution in [2.75, 3.05) is 32.9 Å². The molecule has 0 fully saturated rings.